The zero-order valence-corrected chi connectivity index (χ0v) is 10.5. The maximum atomic E-state index is 11.3. The molecule has 12 nitrogen and oxygen atoms in total. The van der Waals surface area contributed by atoms with Gasteiger partial charge in [0.15, 0.2) is 5.03 Å². The summed E-state index contributed by atoms with van der Waals surface area (Å²) in [6.45, 7) is -0.201. The van der Waals surface area contributed by atoms with Gasteiger partial charge in [0.1, 0.15) is 6.04 Å². The first kappa shape index (κ1) is 17.5. The summed E-state index contributed by atoms with van der Waals surface area (Å²) in [5, 5.41) is 20.0. The van der Waals surface area contributed by atoms with Crippen molar-refractivity contribution in [2.24, 2.45) is 16.5 Å². The summed E-state index contributed by atoms with van der Waals surface area (Å²) in [6, 6.07) is -0.976. The van der Waals surface area contributed by atoms with E-state index in [0.29, 0.717) is 6.42 Å². The first-order valence-electron chi connectivity index (χ1n) is 5.55. The van der Waals surface area contributed by atoms with Gasteiger partial charge in [-0.1, -0.05) is 5.43 Å². The van der Waals surface area contributed by atoms with Crippen LogP contribution < -0.4 is 27.7 Å². The number of aliphatic imine (C=N–C) groups is 1. The number of guanidine groups is 1. The number of carbonyl (C=O) groups is 2. The maximum Gasteiger partial charge on any atom is 0.265 e. The molecule has 2 amide bonds. The lowest BCUT2D eigenvalue weighted by Crippen LogP contribution is -2.47. The number of nitrogens with one attached hydrogen (secondary N) is 3. The van der Waals surface area contributed by atoms with E-state index in [-0.39, 0.29) is 25.5 Å². The van der Waals surface area contributed by atoms with Crippen molar-refractivity contribution in [2.75, 3.05) is 13.1 Å². The summed E-state index contributed by atoms with van der Waals surface area (Å²) in [5.41, 5.74) is 13.3. The zero-order chi connectivity index (χ0) is 15.5. The average molecular weight is 291 g/mol. The second kappa shape index (κ2) is 9.46. The third-order valence-electron chi connectivity index (χ3n) is 2.09. The fraction of sp³-hybridized carbons (Fsp3) is 0.625. The van der Waals surface area contributed by atoms with Crippen LogP contribution in [0.5, 0.6) is 0 Å². The van der Waals surface area contributed by atoms with Crippen LogP contribution in [-0.4, -0.2) is 47.1 Å². The van der Waals surface area contributed by atoms with Gasteiger partial charge in [-0.2, -0.15) is 0 Å². The Labute approximate surface area is 113 Å². The third kappa shape index (κ3) is 7.78. The van der Waals surface area contributed by atoms with Gasteiger partial charge in [0.05, 0.1) is 6.54 Å². The molecule has 0 saturated heterocycles. The first-order valence-corrected chi connectivity index (χ1v) is 5.55. The fourth-order valence-electron chi connectivity index (χ4n) is 1.22. The van der Waals surface area contributed by atoms with Gasteiger partial charge in [0.2, 0.25) is 5.91 Å². The molecule has 0 unspecified atom stereocenters. The van der Waals surface area contributed by atoms with Crippen molar-refractivity contribution in [2.45, 2.75) is 18.9 Å². The smallest absolute Gasteiger partial charge is 0.265 e. The molecule has 1 atom stereocenters. The minimum Gasteiger partial charge on any atom is -0.365 e. The Kier molecular flexibility index (Phi) is 8.29. The molecule has 0 fully saturated rings. The quantitative estimate of drug-likeness (QED) is 0.0670. The number of nitrogens with zero attached hydrogens (tertiary/aromatic N) is 2. The Morgan fingerprint density at radius 3 is 2.60 bits per heavy atom. The van der Waals surface area contributed by atoms with Crippen LogP contribution in [0.2, 0.25) is 0 Å². The lowest BCUT2D eigenvalue weighted by atomic mass is 10.1. The van der Waals surface area contributed by atoms with Crippen molar-refractivity contribution in [1.29, 1.82) is 0 Å². The Balaban J connectivity index is 4.23. The van der Waals surface area contributed by atoms with Gasteiger partial charge >= 0.3 is 0 Å². The van der Waals surface area contributed by atoms with E-state index in [1.54, 1.807) is 5.43 Å². The van der Waals surface area contributed by atoms with Crippen LogP contribution in [0.15, 0.2) is 4.99 Å². The van der Waals surface area contributed by atoms with Gasteiger partial charge in [-0.25, -0.2) is 20.6 Å². The molecule has 114 valence electrons. The number of hydrogen-bond donors (Lipinski definition) is 6. The van der Waals surface area contributed by atoms with Crippen molar-refractivity contribution in [3.05, 3.63) is 10.1 Å². The molecule has 0 aliphatic heterocycles. The number of nitro groups is 1. The molecule has 0 spiro atoms. The predicted molar refractivity (Wildman–Crippen MR) is 66.8 cm³/mol. The van der Waals surface area contributed by atoms with Crippen molar-refractivity contribution >= 4 is 17.8 Å². The van der Waals surface area contributed by atoms with E-state index >= 15 is 0 Å². The fourth-order valence-corrected chi connectivity index (χ4v) is 1.22. The molecule has 0 aromatic carbocycles. The molecule has 0 saturated carbocycles. The summed E-state index contributed by atoms with van der Waals surface area (Å²) < 4.78 is 0. The zero-order valence-electron chi connectivity index (χ0n) is 10.5. The molecule has 0 aliphatic carbocycles. The van der Waals surface area contributed by atoms with Gasteiger partial charge in [-0.15, -0.1) is 0 Å². The van der Waals surface area contributed by atoms with E-state index in [1.807, 2.05) is 0 Å². The van der Waals surface area contributed by atoms with Gasteiger partial charge in [0, 0.05) is 6.54 Å². The number of hydrogen-bond acceptors (Lipinski definition) is 7. The highest BCUT2D eigenvalue weighted by molar-refractivity contribution is 5.87. The van der Waals surface area contributed by atoms with Crippen LogP contribution in [-0.2, 0) is 9.59 Å². The Morgan fingerprint density at radius 1 is 1.45 bits per heavy atom. The van der Waals surface area contributed by atoms with Gasteiger partial charge in [0.25, 0.3) is 11.9 Å². The Morgan fingerprint density at radius 2 is 2.10 bits per heavy atom. The SMILES string of the molecule is NCC(=O)N[C@@H](CCCN=C(N)N[N+](=O)[O-])C(=O)NO. The van der Waals surface area contributed by atoms with Crippen LogP contribution in [0.3, 0.4) is 0 Å². The Bertz CT molecular complexity index is 385. The first-order chi connectivity index (χ1) is 9.40. The summed E-state index contributed by atoms with van der Waals surface area (Å²) in [5.74, 6) is -1.73. The van der Waals surface area contributed by atoms with E-state index in [4.69, 9.17) is 16.7 Å². The van der Waals surface area contributed by atoms with Crippen molar-refractivity contribution in [1.82, 2.24) is 16.2 Å². The van der Waals surface area contributed by atoms with Crippen LogP contribution in [0.4, 0.5) is 0 Å². The van der Waals surface area contributed by atoms with Gasteiger partial charge < -0.3 is 16.8 Å². The van der Waals surface area contributed by atoms with E-state index < -0.39 is 22.9 Å². The molecule has 0 rings (SSSR count). The minimum atomic E-state index is -0.976. The molecule has 0 aliphatic rings. The van der Waals surface area contributed by atoms with Gasteiger partial charge in [-0.05, 0) is 12.8 Å². The minimum absolute atomic E-state index is 0.0976. The molecule has 0 aromatic rings. The standard InChI is InChI=1S/C8H17N7O5/c9-4-6(16)12-5(7(17)14-18)2-1-3-11-8(10)13-15(19)20/h5,18H,1-4,9H2,(H,12,16)(H,14,17)(H3,10,11,13)/t5-/m0/s1. The highest BCUT2D eigenvalue weighted by atomic mass is 16.7. The van der Waals surface area contributed by atoms with Crippen molar-refractivity contribution < 1.29 is 19.8 Å². The van der Waals surface area contributed by atoms with Crippen molar-refractivity contribution in [3.63, 3.8) is 0 Å². The molecule has 8 N–H and O–H groups in total. The molecule has 12 heteroatoms. The summed E-state index contributed by atoms with van der Waals surface area (Å²) in [6.07, 6.45) is 0.441. The number of hydroxylamine groups is 1. The largest absolute Gasteiger partial charge is 0.365 e. The normalized spacial score (nSPS) is 12.4. The number of hydrazine groups is 1. The monoisotopic (exact) mass is 291 g/mol. The maximum absolute atomic E-state index is 11.3. The number of nitrogens with two attached hydrogens (primary N) is 2. The second-order valence-electron chi connectivity index (χ2n) is 3.58. The molecule has 0 bridgehead atoms. The van der Waals surface area contributed by atoms with E-state index in [1.165, 1.54) is 5.48 Å². The van der Waals surface area contributed by atoms with Crippen LogP contribution in [0.25, 0.3) is 0 Å². The highest BCUT2D eigenvalue weighted by Gasteiger charge is 2.19. The summed E-state index contributed by atoms with van der Waals surface area (Å²) >= 11 is 0. The number of rotatable bonds is 8. The van der Waals surface area contributed by atoms with E-state index in [0.717, 1.165) is 0 Å². The predicted octanol–water partition coefficient (Wildman–Crippen LogP) is -3.19. The molecule has 0 aromatic heterocycles. The summed E-state index contributed by atoms with van der Waals surface area (Å²) in [7, 11) is 0. The molecular weight excluding hydrogens is 274 g/mol. The lowest BCUT2D eigenvalue weighted by Gasteiger charge is -2.15. The van der Waals surface area contributed by atoms with Crippen LogP contribution >= 0.6 is 0 Å². The second-order valence-corrected chi connectivity index (χ2v) is 3.58. The average Bonchev–Trinajstić information content (AvgIpc) is 2.40. The molecule has 20 heavy (non-hydrogen) atoms. The Hall–Kier alpha value is -2.47. The molecule has 0 radical (unpaired) electrons. The van der Waals surface area contributed by atoms with E-state index in [9.17, 15) is 19.7 Å². The number of amides is 2. The van der Waals surface area contributed by atoms with Crippen molar-refractivity contribution in [3.8, 4) is 0 Å². The number of carbonyl (C=O) groups excluding carboxylic acids is 2. The topological polar surface area (TPSA) is 198 Å². The summed E-state index contributed by atoms with van der Waals surface area (Å²) in [4.78, 5) is 36.0. The van der Waals surface area contributed by atoms with Crippen LogP contribution in [0.1, 0.15) is 12.8 Å². The molecular formula is C8H17N7O5. The lowest BCUT2D eigenvalue weighted by molar-refractivity contribution is -0.525. The molecule has 0 heterocycles. The highest BCUT2D eigenvalue weighted by Crippen LogP contribution is 1.98. The van der Waals surface area contributed by atoms with Crippen LogP contribution in [0, 0.1) is 10.1 Å². The van der Waals surface area contributed by atoms with E-state index in [2.05, 4.69) is 10.3 Å². The third-order valence-corrected chi connectivity index (χ3v) is 2.09. The van der Waals surface area contributed by atoms with Gasteiger partial charge in [-0.3, -0.25) is 14.8 Å².